The van der Waals surface area contributed by atoms with Gasteiger partial charge in [-0.1, -0.05) is 73.3 Å². The summed E-state index contributed by atoms with van der Waals surface area (Å²) >= 11 is 0. The molecular weight excluding hydrogens is 192 g/mol. The van der Waals surface area contributed by atoms with E-state index in [-0.39, 0.29) is 0 Å². The highest BCUT2D eigenvalue weighted by atomic mass is 14.0. The van der Waals surface area contributed by atoms with Crippen molar-refractivity contribution >= 4 is 6.08 Å². The van der Waals surface area contributed by atoms with Crippen LogP contribution in [-0.4, -0.2) is 0 Å². The summed E-state index contributed by atoms with van der Waals surface area (Å²) in [5, 5.41) is 0. The normalized spacial score (nSPS) is 10.5. The van der Waals surface area contributed by atoms with E-state index in [9.17, 15) is 0 Å². The Morgan fingerprint density at radius 3 is 2.31 bits per heavy atom. The van der Waals surface area contributed by atoms with E-state index in [0.717, 1.165) is 0 Å². The molecule has 0 saturated heterocycles. The van der Waals surface area contributed by atoms with Gasteiger partial charge in [-0.15, -0.1) is 0 Å². The van der Waals surface area contributed by atoms with E-state index in [4.69, 9.17) is 0 Å². The van der Waals surface area contributed by atoms with Gasteiger partial charge in [0.1, 0.15) is 0 Å². The second-order valence-electron chi connectivity index (χ2n) is 3.59. The van der Waals surface area contributed by atoms with Crippen LogP contribution in [0.1, 0.15) is 5.56 Å². The number of hydrogen-bond acceptors (Lipinski definition) is 0. The van der Waals surface area contributed by atoms with Crippen molar-refractivity contribution in [2.45, 2.75) is 0 Å². The first-order valence-electron chi connectivity index (χ1n) is 5.35. The molecule has 0 heterocycles. The molecule has 0 atom stereocenters. The predicted molar refractivity (Wildman–Crippen MR) is 71.1 cm³/mol. The molecule has 0 unspecified atom stereocenters. The van der Waals surface area contributed by atoms with E-state index in [2.05, 4.69) is 61.2 Å². The van der Waals surface area contributed by atoms with Gasteiger partial charge >= 0.3 is 0 Å². The summed E-state index contributed by atoms with van der Waals surface area (Å²) in [6.07, 6.45) is 5.79. The van der Waals surface area contributed by atoms with Crippen LogP contribution in [0.15, 0.2) is 73.3 Å². The zero-order chi connectivity index (χ0) is 11.2. The Kier molecular flexibility index (Phi) is 3.35. The van der Waals surface area contributed by atoms with Crippen molar-refractivity contribution in [2.24, 2.45) is 0 Å². The fourth-order valence-electron chi connectivity index (χ4n) is 1.63. The van der Waals surface area contributed by atoms with E-state index < -0.39 is 0 Å². The van der Waals surface area contributed by atoms with Crippen LogP contribution in [-0.2, 0) is 0 Å². The van der Waals surface area contributed by atoms with Gasteiger partial charge in [-0.25, -0.2) is 0 Å². The first-order chi connectivity index (χ1) is 7.90. The summed E-state index contributed by atoms with van der Waals surface area (Å²) in [6.45, 7) is 3.67. The maximum absolute atomic E-state index is 3.67. The molecule has 0 aromatic heterocycles. The van der Waals surface area contributed by atoms with Gasteiger partial charge in [-0.3, -0.25) is 0 Å². The van der Waals surface area contributed by atoms with Gasteiger partial charge in [0, 0.05) is 0 Å². The second-order valence-corrected chi connectivity index (χ2v) is 3.59. The molecule has 0 amide bonds. The van der Waals surface area contributed by atoms with Gasteiger partial charge in [-0.2, -0.15) is 0 Å². The lowest BCUT2D eigenvalue weighted by atomic mass is 10.0. The van der Waals surface area contributed by atoms with Gasteiger partial charge in [0.25, 0.3) is 0 Å². The van der Waals surface area contributed by atoms with Crippen LogP contribution < -0.4 is 0 Å². The smallest absolute Gasteiger partial charge is 0.0178 e. The summed E-state index contributed by atoms with van der Waals surface area (Å²) in [6, 6.07) is 18.9. The van der Waals surface area contributed by atoms with Crippen LogP contribution in [0.4, 0.5) is 0 Å². The molecule has 0 bridgehead atoms. The van der Waals surface area contributed by atoms with Crippen molar-refractivity contribution in [1.29, 1.82) is 0 Å². The van der Waals surface area contributed by atoms with Crippen LogP contribution >= 0.6 is 0 Å². The Labute approximate surface area is 96.6 Å². The number of rotatable bonds is 3. The van der Waals surface area contributed by atoms with Gasteiger partial charge < -0.3 is 0 Å². The average molecular weight is 206 g/mol. The molecule has 0 N–H and O–H groups in total. The lowest BCUT2D eigenvalue weighted by molar-refractivity contribution is 1.60. The number of benzene rings is 2. The van der Waals surface area contributed by atoms with Crippen LogP contribution in [0.5, 0.6) is 0 Å². The summed E-state index contributed by atoms with van der Waals surface area (Å²) in [4.78, 5) is 0. The monoisotopic (exact) mass is 206 g/mol. The highest BCUT2D eigenvalue weighted by molar-refractivity contribution is 5.67. The van der Waals surface area contributed by atoms with E-state index >= 15 is 0 Å². The lowest BCUT2D eigenvalue weighted by Gasteiger charge is -2.02. The van der Waals surface area contributed by atoms with Crippen LogP contribution in [0.2, 0.25) is 0 Å². The van der Waals surface area contributed by atoms with Crippen molar-refractivity contribution in [2.75, 3.05) is 0 Å². The zero-order valence-electron chi connectivity index (χ0n) is 9.14. The van der Waals surface area contributed by atoms with Gasteiger partial charge in [0.2, 0.25) is 0 Å². The minimum Gasteiger partial charge on any atom is -0.0991 e. The van der Waals surface area contributed by atoms with Gasteiger partial charge in [0.15, 0.2) is 0 Å². The fraction of sp³-hybridized carbons (Fsp3) is 0. The van der Waals surface area contributed by atoms with E-state index in [1.165, 1.54) is 16.7 Å². The lowest BCUT2D eigenvalue weighted by Crippen LogP contribution is -1.78. The molecule has 0 aliphatic rings. The molecule has 78 valence electrons. The minimum atomic E-state index is 1.20. The maximum atomic E-state index is 3.67. The van der Waals surface area contributed by atoms with Crippen molar-refractivity contribution in [1.82, 2.24) is 0 Å². The highest BCUT2D eigenvalue weighted by Gasteiger charge is 1.95. The molecular formula is C16H14. The predicted octanol–water partition coefficient (Wildman–Crippen LogP) is 4.55. The molecule has 2 aromatic rings. The fourth-order valence-corrected chi connectivity index (χ4v) is 1.63. The van der Waals surface area contributed by atoms with E-state index in [0.29, 0.717) is 0 Å². The molecule has 0 saturated carbocycles. The first-order valence-corrected chi connectivity index (χ1v) is 5.35. The second kappa shape index (κ2) is 5.13. The molecule has 0 nitrogen and oxygen atoms in total. The third-order valence-corrected chi connectivity index (χ3v) is 2.42. The van der Waals surface area contributed by atoms with Gasteiger partial charge in [-0.05, 0) is 22.8 Å². The Morgan fingerprint density at radius 2 is 1.56 bits per heavy atom. The van der Waals surface area contributed by atoms with E-state index in [1.807, 2.05) is 12.1 Å². The molecule has 0 aliphatic carbocycles. The number of allylic oxidation sites excluding steroid dienone is 2. The van der Waals surface area contributed by atoms with Crippen LogP contribution in [0.3, 0.4) is 0 Å². The topological polar surface area (TPSA) is 0 Å². The van der Waals surface area contributed by atoms with Crippen molar-refractivity contribution in [3.8, 4) is 11.1 Å². The van der Waals surface area contributed by atoms with Gasteiger partial charge in [0.05, 0.1) is 0 Å². The quantitative estimate of drug-likeness (QED) is 0.646. The molecule has 0 heteroatoms. The average Bonchev–Trinajstić information content (AvgIpc) is 2.38. The SMILES string of the molecule is C=C/C=C\c1cccc(-c2ccccc2)c1. The van der Waals surface area contributed by atoms with Crippen LogP contribution in [0.25, 0.3) is 17.2 Å². The highest BCUT2D eigenvalue weighted by Crippen LogP contribution is 2.20. The molecule has 0 radical (unpaired) electrons. The Morgan fingerprint density at radius 1 is 0.812 bits per heavy atom. The largest absolute Gasteiger partial charge is 0.0991 e. The Balaban J connectivity index is 2.36. The molecule has 16 heavy (non-hydrogen) atoms. The molecule has 2 aromatic carbocycles. The maximum Gasteiger partial charge on any atom is -0.0178 e. The molecule has 0 aliphatic heterocycles. The standard InChI is InChI=1S/C16H14/c1-2-3-8-14-9-7-12-16(13-14)15-10-5-4-6-11-15/h2-13H,1H2/b8-3-. The molecule has 0 fully saturated rings. The Hall–Kier alpha value is -2.08. The van der Waals surface area contributed by atoms with Crippen LogP contribution in [0, 0.1) is 0 Å². The molecule has 2 rings (SSSR count). The Bertz CT molecular complexity index is 492. The summed E-state index contributed by atoms with van der Waals surface area (Å²) in [7, 11) is 0. The zero-order valence-corrected chi connectivity index (χ0v) is 9.14. The summed E-state index contributed by atoms with van der Waals surface area (Å²) < 4.78 is 0. The van der Waals surface area contributed by atoms with E-state index in [1.54, 1.807) is 6.08 Å². The summed E-state index contributed by atoms with van der Waals surface area (Å²) in [5.74, 6) is 0. The van der Waals surface area contributed by atoms with Crippen molar-refractivity contribution in [3.05, 3.63) is 78.9 Å². The number of hydrogen-bond donors (Lipinski definition) is 0. The first kappa shape index (κ1) is 10.4. The third kappa shape index (κ3) is 2.48. The minimum absolute atomic E-state index is 1.20. The third-order valence-electron chi connectivity index (χ3n) is 2.42. The molecule has 0 spiro atoms. The summed E-state index contributed by atoms with van der Waals surface area (Å²) in [5.41, 5.74) is 3.68. The van der Waals surface area contributed by atoms with Crippen molar-refractivity contribution < 1.29 is 0 Å². The van der Waals surface area contributed by atoms with Crippen molar-refractivity contribution in [3.63, 3.8) is 0 Å².